The van der Waals surface area contributed by atoms with Gasteiger partial charge >= 0.3 is 5.97 Å². The summed E-state index contributed by atoms with van der Waals surface area (Å²) in [5.74, 6) is -1.86. The van der Waals surface area contributed by atoms with Crippen molar-refractivity contribution in [2.45, 2.75) is 20.0 Å². The van der Waals surface area contributed by atoms with Crippen LogP contribution in [-0.2, 0) is 23.8 Å². The van der Waals surface area contributed by atoms with Crippen LogP contribution in [-0.4, -0.2) is 38.2 Å². The Balaban J connectivity index is 2.41. The van der Waals surface area contributed by atoms with Gasteiger partial charge in [-0.05, 0) is 31.2 Å². The average Bonchev–Trinajstić information content (AvgIpc) is 2.53. The van der Waals surface area contributed by atoms with Gasteiger partial charge in [0.15, 0.2) is 5.78 Å². The van der Waals surface area contributed by atoms with Crippen LogP contribution in [0.25, 0.3) is 5.76 Å². The minimum Gasteiger partial charge on any atom is -0.488 e. The molecular weight excluding hydrogens is 303 g/mol. The van der Waals surface area contributed by atoms with Crippen LogP contribution in [0.5, 0.6) is 0 Å². The molecule has 124 valence electrons. The third kappa shape index (κ3) is 3.76. The lowest BCUT2D eigenvalue weighted by atomic mass is 9.89. The Hall–Kier alpha value is -2.21. The Labute approximate surface area is 134 Å². The Bertz CT molecular complexity index is 620. The zero-order valence-corrected chi connectivity index (χ0v) is 13.3. The predicted molar refractivity (Wildman–Crippen MR) is 80.9 cm³/mol. The van der Waals surface area contributed by atoms with Crippen LogP contribution >= 0.6 is 0 Å². The van der Waals surface area contributed by atoms with Gasteiger partial charge in [-0.25, -0.2) is 9.18 Å². The maximum atomic E-state index is 13.1. The largest absolute Gasteiger partial charge is 0.488 e. The topological polar surface area (TPSA) is 61.8 Å². The lowest BCUT2D eigenvalue weighted by molar-refractivity contribution is -0.143. The molecule has 1 aliphatic heterocycles. The summed E-state index contributed by atoms with van der Waals surface area (Å²) in [6.45, 7) is 3.70. The molecule has 2 atom stereocenters. The molecule has 0 aromatic heterocycles. The number of Topliss-reactive ketones (excluding diaryl/α,β-unsaturated/α-hetero) is 1. The Morgan fingerprint density at radius 1 is 1.22 bits per heavy atom. The van der Waals surface area contributed by atoms with Gasteiger partial charge in [-0.15, -0.1) is 0 Å². The fourth-order valence-corrected chi connectivity index (χ4v) is 2.20. The summed E-state index contributed by atoms with van der Waals surface area (Å²) in [5.41, 5.74) is 0.315. The van der Waals surface area contributed by atoms with Gasteiger partial charge in [0.1, 0.15) is 29.9 Å². The van der Waals surface area contributed by atoms with E-state index in [1.807, 2.05) is 0 Å². The van der Waals surface area contributed by atoms with Crippen LogP contribution in [0.2, 0.25) is 0 Å². The first kappa shape index (κ1) is 17.1. The van der Waals surface area contributed by atoms with Gasteiger partial charge < -0.3 is 14.2 Å². The van der Waals surface area contributed by atoms with Crippen molar-refractivity contribution in [3.05, 3.63) is 41.2 Å². The summed E-state index contributed by atoms with van der Waals surface area (Å²) < 4.78 is 28.7. The first-order chi connectivity index (χ1) is 11.0. The first-order valence-corrected chi connectivity index (χ1v) is 7.32. The van der Waals surface area contributed by atoms with Crippen molar-refractivity contribution in [1.29, 1.82) is 0 Å². The van der Waals surface area contributed by atoms with Crippen molar-refractivity contribution in [2.75, 3.05) is 20.3 Å². The van der Waals surface area contributed by atoms with E-state index in [1.165, 1.54) is 31.4 Å². The van der Waals surface area contributed by atoms with Crippen LogP contribution in [0.4, 0.5) is 4.39 Å². The van der Waals surface area contributed by atoms with Crippen LogP contribution in [0.3, 0.4) is 0 Å². The average molecular weight is 322 g/mol. The van der Waals surface area contributed by atoms with Crippen molar-refractivity contribution in [3.8, 4) is 0 Å². The van der Waals surface area contributed by atoms with E-state index < -0.39 is 23.8 Å². The van der Waals surface area contributed by atoms with E-state index in [1.54, 1.807) is 13.8 Å². The SMILES string of the molecule is COCCOC(=O)C1=C(c2ccc(F)cc2)OC(C)C(C)C1=O. The van der Waals surface area contributed by atoms with E-state index in [2.05, 4.69) is 0 Å². The molecular formula is C17H19FO5. The second-order valence-corrected chi connectivity index (χ2v) is 5.32. The zero-order chi connectivity index (χ0) is 17.0. The van der Waals surface area contributed by atoms with E-state index in [0.29, 0.717) is 5.56 Å². The molecule has 0 amide bonds. The standard InChI is InChI=1S/C17H19FO5/c1-10-11(2)23-16(12-4-6-13(18)7-5-12)14(15(10)19)17(20)22-9-8-21-3/h4-7,10-11H,8-9H2,1-3H3. The van der Waals surface area contributed by atoms with Crippen molar-refractivity contribution in [3.63, 3.8) is 0 Å². The van der Waals surface area contributed by atoms with Crippen LogP contribution < -0.4 is 0 Å². The molecule has 5 nitrogen and oxygen atoms in total. The highest BCUT2D eigenvalue weighted by Gasteiger charge is 2.38. The van der Waals surface area contributed by atoms with Gasteiger partial charge in [0.25, 0.3) is 0 Å². The number of ketones is 1. The van der Waals surface area contributed by atoms with Crippen molar-refractivity contribution in [2.24, 2.45) is 5.92 Å². The van der Waals surface area contributed by atoms with E-state index in [-0.39, 0.29) is 30.3 Å². The second kappa shape index (κ2) is 7.37. The molecule has 6 heteroatoms. The molecule has 1 aliphatic rings. The number of esters is 1. The molecule has 0 N–H and O–H groups in total. The highest BCUT2D eigenvalue weighted by Crippen LogP contribution is 2.32. The summed E-state index contributed by atoms with van der Waals surface area (Å²) in [6.07, 6.45) is -0.391. The van der Waals surface area contributed by atoms with Crippen LogP contribution in [0, 0.1) is 11.7 Å². The molecule has 0 spiro atoms. The van der Waals surface area contributed by atoms with Crippen LogP contribution in [0.1, 0.15) is 19.4 Å². The van der Waals surface area contributed by atoms with E-state index in [0.717, 1.165) is 0 Å². The molecule has 1 aromatic carbocycles. The number of rotatable bonds is 5. The predicted octanol–water partition coefficient (Wildman–Crippen LogP) is 2.35. The fraction of sp³-hybridized carbons (Fsp3) is 0.412. The number of carbonyl (C=O) groups excluding carboxylic acids is 2. The van der Waals surface area contributed by atoms with Gasteiger partial charge in [-0.2, -0.15) is 0 Å². The fourth-order valence-electron chi connectivity index (χ4n) is 2.20. The summed E-state index contributed by atoms with van der Waals surface area (Å²) in [5, 5.41) is 0. The quantitative estimate of drug-likeness (QED) is 0.473. The lowest BCUT2D eigenvalue weighted by Crippen LogP contribution is -2.36. The second-order valence-electron chi connectivity index (χ2n) is 5.32. The molecule has 0 saturated heterocycles. The molecule has 1 aromatic rings. The number of methoxy groups -OCH3 is 1. The highest BCUT2D eigenvalue weighted by molar-refractivity contribution is 6.23. The summed E-state index contributed by atoms with van der Waals surface area (Å²) >= 11 is 0. The van der Waals surface area contributed by atoms with Gasteiger partial charge in [-0.1, -0.05) is 6.92 Å². The molecule has 1 heterocycles. The van der Waals surface area contributed by atoms with Gasteiger partial charge in [0.05, 0.1) is 12.5 Å². The molecule has 0 bridgehead atoms. The third-order valence-electron chi connectivity index (χ3n) is 3.73. The summed E-state index contributed by atoms with van der Waals surface area (Å²) in [4.78, 5) is 24.8. The number of hydrogen-bond donors (Lipinski definition) is 0. The molecule has 23 heavy (non-hydrogen) atoms. The van der Waals surface area contributed by atoms with E-state index in [9.17, 15) is 14.0 Å². The summed E-state index contributed by atoms with van der Waals surface area (Å²) in [6, 6.07) is 5.41. The van der Waals surface area contributed by atoms with Gasteiger partial charge in [0.2, 0.25) is 0 Å². The maximum absolute atomic E-state index is 13.1. The number of hydrogen-bond acceptors (Lipinski definition) is 5. The lowest BCUT2D eigenvalue weighted by Gasteiger charge is -2.29. The van der Waals surface area contributed by atoms with E-state index in [4.69, 9.17) is 14.2 Å². The number of benzene rings is 1. The smallest absolute Gasteiger partial charge is 0.345 e. The van der Waals surface area contributed by atoms with Gasteiger partial charge in [-0.3, -0.25) is 4.79 Å². The van der Waals surface area contributed by atoms with Gasteiger partial charge in [0, 0.05) is 12.7 Å². The third-order valence-corrected chi connectivity index (χ3v) is 3.73. The van der Waals surface area contributed by atoms with Crippen LogP contribution in [0.15, 0.2) is 29.8 Å². The minimum atomic E-state index is -0.759. The molecule has 0 saturated carbocycles. The minimum absolute atomic E-state index is 0.0345. The van der Waals surface area contributed by atoms with Crippen molar-refractivity contribution >= 4 is 17.5 Å². The molecule has 0 fully saturated rings. The highest BCUT2D eigenvalue weighted by atomic mass is 19.1. The number of carbonyl (C=O) groups is 2. The molecule has 0 radical (unpaired) electrons. The monoisotopic (exact) mass is 322 g/mol. The maximum Gasteiger partial charge on any atom is 0.345 e. The molecule has 2 rings (SSSR count). The van der Waals surface area contributed by atoms with Crippen molar-refractivity contribution < 1.29 is 28.2 Å². The molecule has 0 aliphatic carbocycles. The Morgan fingerprint density at radius 2 is 1.87 bits per heavy atom. The summed E-state index contributed by atoms with van der Waals surface area (Å²) in [7, 11) is 1.48. The number of halogens is 1. The first-order valence-electron chi connectivity index (χ1n) is 7.32. The van der Waals surface area contributed by atoms with E-state index >= 15 is 0 Å². The molecule has 2 unspecified atom stereocenters. The number of ether oxygens (including phenoxy) is 3. The Morgan fingerprint density at radius 3 is 2.48 bits per heavy atom. The zero-order valence-electron chi connectivity index (χ0n) is 13.3. The Kier molecular flexibility index (Phi) is 5.50. The normalized spacial score (nSPS) is 21.1. The van der Waals surface area contributed by atoms with Crippen molar-refractivity contribution in [1.82, 2.24) is 0 Å².